The Labute approximate surface area is 276 Å². The molecule has 13 heteroatoms. The van der Waals surface area contributed by atoms with Gasteiger partial charge in [0, 0.05) is 45.2 Å². The topological polar surface area (TPSA) is 184 Å². The van der Waals surface area contributed by atoms with E-state index >= 15 is 0 Å². The van der Waals surface area contributed by atoms with Gasteiger partial charge in [0.25, 0.3) is 5.91 Å². The summed E-state index contributed by atoms with van der Waals surface area (Å²) in [6.07, 6.45) is 3.17. The maximum Gasteiger partial charge on any atom is 0.328 e. The number of hydrogen-bond acceptors (Lipinski definition) is 9. The number of carboxylic acid groups (broad SMARTS) is 1. The molecule has 3 rings (SSSR count). The summed E-state index contributed by atoms with van der Waals surface area (Å²) < 4.78 is 16.9. The molecule has 252 valence electrons. The molecule has 5 N–H and O–H groups in total. The molecular formula is C34H42N4O8S. The largest absolute Gasteiger partial charge is 0.480 e. The molecule has 47 heavy (non-hydrogen) atoms. The Morgan fingerprint density at radius 1 is 0.957 bits per heavy atom. The number of pyridine rings is 1. The molecule has 12 nitrogen and oxygen atoms in total. The predicted molar refractivity (Wildman–Crippen MR) is 178 cm³/mol. The Kier molecular flexibility index (Phi) is 13.2. The normalized spacial score (nSPS) is 13.8. The van der Waals surface area contributed by atoms with Gasteiger partial charge in [-0.25, -0.2) is 9.78 Å². The number of aromatic nitrogens is 1. The average Bonchev–Trinajstić information content (AvgIpc) is 3.01. The number of hydrazine groups is 1. The molecule has 1 heterocycles. The molecular weight excluding hydrogens is 624 g/mol. The van der Waals surface area contributed by atoms with Crippen LogP contribution in [0.5, 0.6) is 0 Å². The number of carbonyl (C=O) groups is 4. The van der Waals surface area contributed by atoms with Gasteiger partial charge in [0.1, 0.15) is 11.4 Å². The second-order valence-electron chi connectivity index (χ2n) is 12.1. The minimum Gasteiger partial charge on any atom is -0.480 e. The maximum atomic E-state index is 13.0. The predicted octanol–water partition coefficient (Wildman–Crippen LogP) is 3.86. The lowest BCUT2D eigenvalue weighted by Crippen LogP contribution is -2.49. The number of aliphatic hydroxyl groups excluding tert-OH is 1. The third kappa shape index (κ3) is 11.9. The van der Waals surface area contributed by atoms with Gasteiger partial charge in [-0.2, -0.15) is 0 Å². The second kappa shape index (κ2) is 16.8. The molecule has 0 saturated carbocycles. The van der Waals surface area contributed by atoms with Gasteiger partial charge >= 0.3 is 11.9 Å². The van der Waals surface area contributed by atoms with Crippen LogP contribution in [-0.2, 0) is 36.3 Å². The van der Waals surface area contributed by atoms with E-state index in [0.29, 0.717) is 35.5 Å². The van der Waals surface area contributed by atoms with Crippen molar-refractivity contribution in [1.82, 2.24) is 15.7 Å². The van der Waals surface area contributed by atoms with E-state index in [1.54, 1.807) is 63.6 Å². The first-order valence-corrected chi connectivity index (χ1v) is 16.7. The zero-order valence-corrected chi connectivity index (χ0v) is 27.9. The molecule has 3 aromatic rings. The van der Waals surface area contributed by atoms with Gasteiger partial charge in [-0.15, -0.1) is 0 Å². The first-order chi connectivity index (χ1) is 22.1. The highest BCUT2D eigenvalue weighted by atomic mass is 32.2. The van der Waals surface area contributed by atoms with Crippen LogP contribution in [0.1, 0.15) is 62.9 Å². The quantitative estimate of drug-likeness (QED) is 0.118. The van der Waals surface area contributed by atoms with Crippen LogP contribution in [0.25, 0.3) is 11.1 Å². The summed E-state index contributed by atoms with van der Waals surface area (Å²) in [5, 5.41) is 21.5. The lowest BCUT2D eigenvalue weighted by molar-refractivity contribution is -0.157. The number of carboxylic acids is 1. The van der Waals surface area contributed by atoms with E-state index in [0.717, 1.165) is 16.7 Å². The van der Waals surface area contributed by atoms with E-state index in [1.165, 1.54) is 6.92 Å². The highest BCUT2D eigenvalue weighted by molar-refractivity contribution is 7.84. The van der Waals surface area contributed by atoms with Crippen LogP contribution >= 0.6 is 0 Å². The number of anilines is 1. The highest BCUT2D eigenvalue weighted by Gasteiger charge is 2.31. The number of aliphatic carboxylic acids is 1. The fourth-order valence-corrected chi connectivity index (χ4v) is 5.14. The van der Waals surface area contributed by atoms with E-state index in [1.807, 2.05) is 30.3 Å². The molecule has 0 radical (unpaired) electrons. The fraction of sp³-hybridized carbons (Fsp3) is 0.382. The van der Waals surface area contributed by atoms with Crippen molar-refractivity contribution in [2.75, 3.05) is 11.7 Å². The van der Waals surface area contributed by atoms with Gasteiger partial charge in [-0.3, -0.25) is 29.4 Å². The van der Waals surface area contributed by atoms with Crippen molar-refractivity contribution in [3.05, 3.63) is 78.0 Å². The van der Waals surface area contributed by atoms with Crippen LogP contribution in [0.3, 0.4) is 0 Å². The van der Waals surface area contributed by atoms with Crippen molar-refractivity contribution in [3.8, 4) is 11.1 Å². The zero-order valence-electron chi connectivity index (χ0n) is 27.1. The second-order valence-corrected chi connectivity index (χ2v) is 13.5. The molecule has 0 aliphatic carbocycles. The third-order valence-electron chi connectivity index (χ3n) is 7.07. The zero-order chi connectivity index (χ0) is 34.7. The molecule has 1 aromatic heterocycles. The highest BCUT2D eigenvalue weighted by Crippen LogP contribution is 2.22. The first kappa shape index (κ1) is 36.8. The molecule has 0 fully saturated rings. The van der Waals surface area contributed by atoms with Gasteiger partial charge in [0.15, 0.2) is 6.04 Å². The summed E-state index contributed by atoms with van der Waals surface area (Å²) in [5.41, 5.74) is 7.83. The minimum atomic E-state index is -1.49. The molecule has 0 aliphatic rings. The summed E-state index contributed by atoms with van der Waals surface area (Å²) >= 11 is 0. The number of benzene rings is 2. The Bertz CT molecular complexity index is 1550. The van der Waals surface area contributed by atoms with E-state index in [4.69, 9.17) is 4.74 Å². The van der Waals surface area contributed by atoms with Gasteiger partial charge in [-0.05, 0) is 94.5 Å². The lowest BCUT2D eigenvalue weighted by Gasteiger charge is -2.24. The van der Waals surface area contributed by atoms with Crippen LogP contribution in [-0.4, -0.2) is 67.2 Å². The summed E-state index contributed by atoms with van der Waals surface area (Å²) in [6.45, 7) is 6.44. The molecule has 0 spiro atoms. The number of amides is 2. The van der Waals surface area contributed by atoms with Gasteiger partial charge in [0.2, 0.25) is 5.91 Å². The summed E-state index contributed by atoms with van der Waals surface area (Å²) in [7, 11) is -1.12. The Morgan fingerprint density at radius 2 is 1.60 bits per heavy atom. The molecule has 2 aromatic carbocycles. The molecule has 1 unspecified atom stereocenters. The number of rotatable bonds is 15. The SMILES string of the molecule is C[C@@H](O)[C@H](NC(=O)[C@H](CCCc1ccc(-c2ccc(NNC(=O)c3ccc(S(C)=O)cc3)nc2)cc1)CC(=O)OC(C)(C)C)C(=O)O. The maximum absolute atomic E-state index is 13.0. The van der Waals surface area contributed by atoms with Crippen molar-refractivity contribution in [2.45, 2.75) is 76.0 Å². The van der Waals surface area contributed by atoms with Crippen molar-refractivity contribution in [1.29, 1.82) is 0 Å². The molecule has 0 aliphatic heterocycles. The van der Waals surface area contributed by atoms with Crippen molar-refractivity contribution < 1.29 is 38.3 Å². The van der Waals surface area contributed by atoms with Crippen LogP contribution in [0, 0.1) is 5.92 Å². The number of aryl methyl sites for hydroxylation is 1. The van der Waals surface area contributed by atoms with Crippen LogP contribution < -0.4 is 16.2 Å². The third-order valence-corrected chi connectivity index (χ3v) is 8.01. The summed E-state index contributed by atoms with van der Waals surface area (Å²) in [6, 6.07) is 16.4. The molecule has 0 saturated heterocycles. The van der Waals surface area contributed by atoms with Crippen molar-refractivity contribution >= 4 is 40.4 Å². The van der Waals surface area contributed by atoms with Crippen LogP contribution in [0.4, 0.5) is 5.82 Å². The van der Waals surface area contributed by atoms with E-state index in [-0.39, 0.29) is 12.3 Å². The van der Waals surface area contributed by atoms with E-state index < -0.39 is 52.3 Å². The Balaban J connectivity index is 1.56. The Morgan fingerprint density at radius 3 is 2.13 bits per heavy atom. The fourth-order valence-electron chi connectivity index (χ4n) is 4.62. The van der Waals surface area contributed by atoms with E-state index in [2.05, 4.69) is 21.2 Å². The number of hydrogen-bond donors (Lipinski definition) is 5. The smallest absolute Gasteiger partial charge is 0.328 e. The molecule has 0 bridgehead atoms. The van der Waals surface area contributed by atoms with Gasteiger partial charge < -0.3 is 20.3 Å². The molecule has 4 atom stereocenters. The van der Waals surface area contributed by atoms with Gasteiger partial charge in [0.05, 0.1) is 12.5 Å². The Hall–Kier alpha value is -4.62. The number of aliphatic hydroxyl groups is 1. The number of esters is 1. The van der Waals surface area contributed by atoms with Crippen molar-refractivity contribution in [2.24, 2.45) is 5.92 Å². The summed E-state index contributed by atoms with van der Waals surface area (Å²) in [5.74, 6) is -3.31. The average molecular weight is 667 g/mol. The van der Waals surface area contributed by atoms with Crippen LogP contribution in [0.2, 0.25) is 0 Å². The number of carbonyl (C=O) groups excluding carboxylic acids is 3. The summed E-state index contributed by atoms with van der Waals surface area (Å²) in [4.78, 5) is 54.4. The van der Waals surface area contributed by atoms with Crippen molar-refractivity contribution in [3.63, 3.8) is 0 Å². The van der Waals surface area contributed by atoms with Gasteiger partial charge in [-0.1, -0.05) is 24.3 Å². The van der Waals surface area contributed by atoms with E-state index in [9.17, 15) is 33.6 Å². The number of ether oxygens (including phenoxy) is 1. The minimum absolute atomic E-state index is 0.217. The monoisotopic (exact) mass is 666 g/mol. The van der Waals surface area contributed by atoms with Crippen LogP contribution in [0.15, 0.2) is 71.8 Å². The molecule has 2 amide bonds. The number of nitrogens with one attached hydrogen (secondary N) is 3. The lowest BCUT2D eigenvalue weighted by atomic mass is 9.94. The number of nitrogens with zero attached hydrogens (tertiary/aromatic N) is 1. The standard InChI is InChI=1S/C34H42N4O8S/c1-21(39)30(33(43)44)36-31(41)25(19-29(40)46-34(2,3)4)8-6-7-22-9-11-23(12-10-22)26-15-18-28(35-20-26)37-38-32(42)24-13-16-27(17-14-24)47(5)45/h9-18,20-21,25,30,39H,6-8,19H2,1-5H3,(H,35,37)(H,36,41)(H,38,42)(H,43,44)/t21-,25-,30+,47?/m1/s1. The first-order valence-electron chi connectivity index (χ1n) is 15.1.